The number of carbonyl (C=O) groups is 2. The van der Waals surface area contributed by atoms with Crippen LogP contribution in [-0.2, 0) is 16.0 Å². The summed E-state index contributed by atoms with van der Waals surface area (Å²) in [5.74, 6) is 0.174. The molecule has 2 aliphatic rings. The highest BCUT2D eigenvalue weighted by atomic mass is 19.1. The van der Waals surface area contributed by atoms with Crippen molar-refractivity contribution >= 4 is 22.9 Å². The van der Waals surface area contributed by atoms with E-state index in [0.29, 0.717) is 18.8 Å². The van der Waals surface area contributed by atoms with Gasteiger partial charge < -0.3 is 4.74 Å². The first kappa shape index (κ1) is 21.6. The van der Waals surface area contributed by atoms with Crippen LogP contribution in [0.25, 0.3) is 10.9 Å². The maximum absolute atomic E-state index is 13.8. The van der Waals surface area contributed by atoms with Crippen LogP contribution < -0.4 is 0 Å². The lowest BCUT2D eigenvalue weighted by Gasteiger charge is -2.30. The topological polar surface area (TPSA) is 59.5 Å². The van der Waals surface area contributed by atoms with Crippen LogP contribution in [0.5, 0.6) is 0 Å². The van der Waals surface area contributed by atoms with Crippen molar-refractivity contribution in [3.05, 3.63) is 77.7 Å². The van der Waals surface area contributed by atoms with Crippen molar-refractivity contribution in [1.29, 1.82) is 0 Å². The van der Waals surface area contributed by atoms with Gasteiger partial charge >= 0.3 is 6.09 Å². The van der Waals surface area contributed by atoms with E-state index in [4.69, 9.17) is 4.74 Å². The molecular formula is C27H27FN2O3. The van der Waals surface area contributed by atoms with Crippen LogP contribution in [-0.4, -0.2) is 34.5 Å². The van der Waals surface area contributed by atoms with E-state index in [1.54, 1.807) is 18.3 Å². The van der Waals surface area contributed by atoms with Gasteiger partial charge in [0.2, 0.25) is 5.91 Å². The Kier molecular flexibility index (Phi) is 6.07. The number of halogens is 1. The SMILES string of the molecule is O=C(CC1CCC(c2ccnc3ccc(F)cc23)CC1)N1C(=O)OCC1Cc1ccccc1. The van der Waals surface area contributed by atoms with Gasteiger partial charge in [-0.2, -0.15) is 0 Å². The van der Waals surface area contributed by atoms with E-state index in [1.807, 2.05) is 36.4 Å². The van der Waals surface area contributed by atoms with Gasteiger partial charge in [-0.05, 0) is 79.3 Å². The normalized spacial score (nSPS) is 23.0. The monoisotopic (exact) mass is 446 g/mol. The maximum Gasteiger partial charge on any atom is 0.416 e. The average Bonchev–Trinajstić information content (AvgIpc) is 3.19. The molecule has 0 spiro atoms. The van der Waals surface area contributed by atoms with E-state index in [2.05, 4.69) is 4.98 Å². The molecule has 1 saturated heterocycles. The second-order valence-corrected chi connectivity index (χ2v) is 9.17. The third-order valence-corrected chi connectivity index (χ3v) is 7.03. The van der Waals surface area contributed by atoms with Gasteiger partial charge in [-0.1, -0.05) is 30.3 Å². The molecule has 1 saturated carbocycles. The molecule has 5 rings (SSSR count). The molecule has 0 N–H and O–H groups in total. The minimum absolute atomic E-state index is 0.140. The molecule has 1 atom stereocenters. The molecule has 5 nitrogen and oxygen atoms in total. The highest BCUT2D eigenvalue weighted by molar-refractivity contribution is 5.93. The summed E-state index contributed by atoms with van der Waals surface area (Å²) in [6.07, 6.45) is 5.91. The Morgan fingerprint density at radius 2 is 1.85 bits per heavy atom. The number of rotatable bonds is 5. The third kappa shape index (κ3) is 4.61. The van der Waals surface area contributed by atoms with Crippen LogP contribution in [0.3, 0.4) is 0 Å². The third-order valence-electron chi connectivity index (χ3n) is 7.03. The Morgan fingerprint density at radius 1 is 1.06 bits per heavy atom. The average molecular weight is 447 g/mol. The Hall–Kier alpha value is -3.28. The Bertz CT molecular complexity index is 1160. The molecule has 6 heteroatoms. The van der Waals surface area contributed by atoms with Gasteiger partial charge in [-0.3, -0.25) is 9.78 Å². The van der Waals surface area contributed by atoms with Crippen molar-refractivity contribution in [3.63, 3.8) is 0 Å². The van der Waals surface area contributed by atoms with Crippen LogP contribution in [0.2, 0.25) is 0 Å². The van der Waals surface area contributed by atoms with Crippen LogP contribution >= 0.6 is 0 Å². The summed E-state index contributed by atoms with van der Waals surface area (Å²) >= 11 is 0. The van der Waals surface area contributed by atoms with Crippen molar-refractivity contribution in [2.75, 3.05) is 6.61 Å². The first-order chi connectivity index (χ1) is 16.1. The van der Waals surface area contributed by atoms with E-state index in [0.717, 1.165) is 47.7 Å². The maximum atomic E-state index is 13.8. The second-order valence-electron chi connectivity index (χ2n) is 9.17. The van der Waals surface area contributed by atoms with Crippen LogP contribution in [0.15, 0.2) is 60.8 Å². The number of hydrogen-bond donors (Lipinski definition) is 0. The number of aromatic nitrogens is 1. The van der Waals surface area contributed by atoms with Crippen LogP contribution in [0.4, 0.5) is 9.18 Å². The zero-order valence-electron chi connectivity index (χ0n) is 18.5. The number of fused-ring (bicyclic) bond motifs is 1. The van der Waals surface area contributed by atoms with Gasteiger partial charge in [0.05, 0.1) is 11.6 Å². The zero-order chi connectivity index (χ0) is 22.8. The van der Waals surface area contributed by atoms with Crippen molar-refractivity contribution in [2.45, 2.75) is 50.5 Å². The fourth-order valence-electron chi connectivity index (χ4n) is 5.32. The quantitative estimate of drug-likeness (QED) is 0.510. The van der Waals surface area contributed by atoms with Gasteiger partial charge in [0, 0.05) is 18.0 Å². The van der Waals surface area contributed by atoms with Crippen molar-refractivity contribution in [1.82, 2.24) is 9.88 Å². The summed E-state index contributed by atoms with van der Waals surface area (Å²) in [7, 11) is 0. The first-order valence-electron chi connectivity index (χ1n) is 11.7. The van der Waals surface area contributed by atoms with Gasteiger partial charge in [-0.25, -0.2) is 14.1 Å². The van der Waals surface area contributed by atoms with E-state index >= 15 is 0 Å². The summed E-state index contributed by atoms with van der Waals surface area (Å²) in [6.45, 7) is 0.248. The van der Waals surface area contributed by atoms with E-state index in [1.165, 1.54) is 11.0 Å². The van der Waals surface area contributed by atoms with Crippen molar-refractivity contribution in [3.8, 4) is 0 Å². The predicted octanol–water partition coefficient (Wildman–Crippen LogP) is 5.63. The lowest BCUT2D eigenvalue weighted by molar-refractivity contribution is -0.130. The van der Waals surface area contributed by atoms with Gasteiger partial charge in [0.15, 0.2) is 0 Å². The standard InChI is InChI=1S/C27H27FN2O3/c28-21-10-11-25-24(16-21)23(12-13-29-25)20-8-6-19(7-9-20)15-26(31)30-22(17-33-27(30)32)14-18-4-2-1-3-5-18/h1-5,10-13,16,19-20,22H,6-9,14-15,17H2. The van der Waals surface area contributed by atoms with Crippen molar-refractivity contribution < 1.29 is 18.7 Å². The molecule has 0 bridgehead atoms. The number of nitrogens with zero attached hydrogens (tertiary/aromatic N) is 2. The summed E-state index contributed by atoms with van der Waals surface area (Å²) in [4.78, 5) is 31.0. The number of hydrogen-bond acceptors (Lipinski definition) is 4. The molecule has 1 unspecified atom stereocenters. The Labute approximate surface area is 192 Å². The molecule has 170 valence electrons. The Balaban J connectivity index is 1.22. The molecule has 33 heavy (non-hydrogen) atoms. The molecule has 3 aromatic rings. The molecule has 2 aromatic carbocycles. The lowest BCUT2D eigenvalue weighted by Crippen LogP contribution is -2.41. The molecule has 0 radical (unpaired) electrons. The lowest BCUT2D eigenvalue weighted by atomic mass is 9.76. The van der Waals surface area contributed by atoms with Crippen molar-refractivity contribution in [2.24, 2.45) is 5.92 Å². The predicted molar refractivity (Wildman–Crippen MR) is 123 cm³/mol. The summed E-state index contributed by atoms with van der Waals surface area (Å²) < 4.78 is 19.0. The molecule has 1 aliphatic carbocycles. The fourth-order valence-corrected chi connectivity index (χ4v) is 5.32. The highest BCUT2D eigenvalue weighted by Gasteiger charge is 2.39. The number of imide groups is 1. The number of pyridine rings is 1. The molecule has 1 aromatic heterocycles. The van der Waals surface area contributed by atoms with Gasteiger partial charge in [0.25, 0.3) is 0 Å². The number of ether oxygens (including phenoxy) is 1. The minimum Gasteiger partial charge on any atom is -0.447 e. The number of cyclic esters (lactones) is 1. The van der Waals surface area contributed by atoms with E-state index in [9.17, 15) is 14.0 Å². The van der Waals surface area contributed by atoms with Gasteiger partial charge in [0.1, 0.15) is 12.4 Å². The minimum atomic E-state index is -0.528. The van der Waals surface area contributed by atoms with Crippen LogP contribution in [0, 0.1) is 11.7 Å². The smallest absolute Gasteiger partial charge is 0.416 e. The molecule has 2 fully saturated rings. The van der Waals surface area contributed by atoms with E-state index in [-0.39, 0.29) is 30.3 Å². The fraction of sp³-hybridized carbons (Fsp3) is 0.370. The number of amides is 2. The van der Waals surface area contributed by atoms with Gasteiger partial charge in [-0.15, -0.1) is 0 Å². The summed E-state index contributed by atoms with van der Waals surface area (Å²) in [5.41, 5.74) is 3.03. The largest absolute Gasteiger partial charge is 0.447 e. The van der Waals surface area contributed by atoms with E-state index < -0.39 is 6.09 Å². The molecule has 1 aliphatic heterocycles. The van der Waals surface area contributed by atoms with Crippen LogP contribution in [0.1, 0.15) is 49.1 Å². The summed E-state index contributed by atoms with van der Waals surface area (Å²) in [5, 5.41) is 0.876. The Morgan fingerprint density at radius 3 is 2.64 bits per heavy atom. The molecular weight excluding hydrogens is 419 g/mol. The number of benzene rings is 2. The molecule has 2 amide bonds. The highest BCUT2D eigenvalue weighted by Crippen LogP contribution is 2.39. The first-order valence-corrected chi connectivity index (χ1v) is 11.7. The number of carbonyl (C=O) groups excluding carboxylic acids is 2. The molecule has 2 heterocycles. The zero-order valence-corrected chi connectivity index (χ0v) is 18.5. The second kappa shape index (κ2) is 9.30. The summed E-state index contributed by atoms with van der Waals surface area (Å²) in [6, 6.07) is 16.3.